The molecule has 6 nitrogen and oxygen atoms in total. The fraction of sp³-hybridized carbons (Fsp3) is 0.400. The van der Waals surface area contributed by atoms with Crippen molar-refractivity contribution in [2.75, 3.05) is 5.32 Å². The number of carbonyl (C=O) groups excluding carboxylic acids is 2. The van der Waals surface area contributed by atoms with Crippen LogP contribution in [-0.2, 0) is 4.79 Å². The van der Waals surface area contributed by atoms with Gasteiger partial charge < -0.3 is 15.7 Å². The van der Waals surface area contributed by atoms with Gasteiger partial charge in [-0.2, -0.15) is 0 Å². The minimum atomic E-state index is -1.07. The van der Waals surface area contributed by atoms with Gasteiger partial charge in [-0.3, -0.25) is 4.79 Å². The average molecular weight is 292 g/mol. The number of nitrogens with one attached hydrogen (secondary N) is 2. The average Bonchev–Trinajstić information content (AvgIpc) is 2.43. The number of carboxylic acid groups (broad SMARTS) is 1. The van der Waals surface area contributed by atoms with Gasteiger partial charge in [-0.05, 0) is 25.0 Å². The van der Waals surface area contributed by atoms with Gasteiger partial charge >= 0.3 is 12.0 Å². The highest BCUT2D eigenvalue weighted by molar-refractivity contribution is 5.97. The molecule has 0 unspecified atom stereocenters. The van der Waals surface area contributed by atoms with Gasteiger partial charge in [-0.25, -0.2) is 9.59 Å². The molecule has 1 aromatic carbocycles. The number of Topliss-reactive ketones (excluding diaryl/α,β-unsaturated/α-hetero) is 1. The van der Waals surface area contributed by atoms with E-state index in [0.29, 0.717) is 17.7 Å². The van der Waals surface area contributed by atoms with E-state index < -0.39 is 18.0 Å². The monoisotopic (exact) mass is 292 g/mol. The number of ketones is 1. The third-order valence-electron chi connectivity index (χ3n) is 3.29. The highest BCUT2D eigenvalue weighted by Crippen LogP contribution is 2.12. The van der Waals surface area contributed by atoms with E-state index >= 15 is 0 Å². The van der Waals surface area contributed by atoms with Gasteiger partial charge in [0, 0.05) is 11.3 Å². The number of benzene rings is 1. The van der Waals surface area contributed by atoms with Gasteiger partial charge in [0.05, 0.1) is 0 Å². The van der Waals surface area contributed by atoms with Gasteiger partial charge in [-0.15, -0.1) is 0 Å². The van der Waals surface area contributed by atoms with Crippen LogP contribution in [0, 0.1) is 5.92 Å². The molecule has 0 fully saturated rings. The second-order valence-electron chi connectivity index (χ2n) is 4.94. The van der Waals surface area contributed by atoms with Crippen molar-refractivity contribution in [3.8, 4) is 0 Å². The Hall–Kier alpha value is -2.37. The van der Waals surface area contributed by atoms with E-state index in [-0.39, 0.29) is 11.7 Å². The SMILES string of the molecule is CC[C@H](C)[C@H](NC(=O)Nc1cccc(C(C)=O)c1)C(=O)O. The summed E-state index contributed by atoms with van der Waals surface area (Å²) in [7, 11) is 0. The second-order valence-corrected chi connectivity index (χ2v) is 4.94. The van der Waals surface area contributed by atoms with E-state index in [1.807, 2.05) is 6.92 Å². The van der Waals surface area contributed by atoms with Gasteiger partial charge in [0.25, 0.3) is 0 Å². The van der Waals surface area contributed by atoms with Crippen LogP contribution in [0.5, 0.6) is 0 Å². The molecule has 6 heteroatoms. The lowest BCUT2D eigenvalue weighted by Crippen LogP contribution is -2.46. The molecule has 0 aliphatic carbocycles. The third kappa shape index (κ3) is 4.91. The van der Waals surface area contributed by atoms with Crippen LogP contribution in [0.1, 0.15) is 37.6 Å². The molecule has 0 bridgehead atoms. The summed E-state index contributed by atoms with van der Waals surface area (Å²) in [6.45, 7) is 5.05. The number of rotatable bonds is 6. The standard InChI is InChI=1S/C15H20N2O4/c1-4-9(2)13(14(19)20)17-15(21)16-12-7-5-6-11(8-12)10(3)18/h5-9,13H,4H2,1-3H3,(H,19,20)(H2,16,17,21)/t9-,13-/m0/s1. The molecule has 2 atom stereocenters. The lowest BCUT2D eigenvalue weighted by Gasteiger charge is -2.20. The van der Waals surface area contributed by atoms with Crippen LogP contribution in [0.3, 0.4) is 0 Å². The van der Waals surface area contributed by atoms with E-state index in [2.05, 4.69) is 10.6 Å². The molecular formula is C15H20N2O4. The van der Waals surface area contributed by atoms with E-state index in [9.17, 15) is 14.4 Å². The van der Waals surface area contributed by atoms with Crippen molar-refractivity contribution in [1.29, 1.82) is 0 Å². The highest BCUT2D eigenvalue weighted by Gasteiger charge is 2.25. The van der Waals surface area contributed by atoms with Crippen molar-refractivity contribution in [1.82, 2.24) is 5.32 Å². The molecule has 114 valence electrons. The van der Waals surface area contributed by atoms with E-state index in [4.69, 9.17) is 5.11 Å². The van der Waals surface area contributed by atoms with E-state index in [1.165, 1.54) is 6.92 Å². The van der Waals surface area contributed by atoms with Crippen molar-refractivity contribution < 1.29 is 19.5 Å². The summed E-state index contributed by atoms with van der Waals surface area (Å²) in [5, 5.41) is 14.1. The van der Waals surface area contributed by atoms with Crippen LogP contribution in [0.25, 0.3) is 0 Å². The van der Waals surface area contributed by atoms with Crippen molar-refractivity contribution >= 4 is 23.5 Å². The van der Waals surface area contributed by atoms with Crippen LogP contribution in [0.2, 0.25) is 0 Å². The number of carbonyl (C=O) groups is 3. The normalized spacial score (nSPS) is 13.1. The molecule has 1 aromatic rings. The van der Waals surface area contributed by atoms with Crippen LogP contribution in [0.15, 0.2) is 24.3 Å². The molecule has 0 saturated heterocycles. The molecule has 2 amide bonds. The van der Waals surface area contributed by atoms with Gasteiger partial charge in [0.1, 0.15) is 6.04 Å². The Morgan fingerprint density at radius 1 is 1.29 bits per heavy atom. The minimum Gasteiger partial charge on any atom is -0.480 e. The van der Waals surface area contributed by atoms with Gasteiger partial charge in [0.15, 0.2) is 5.78 Å². The molecule has 3 N–H and O–H groups in total. The summed E-state index contributed by atoms with van der Waals surface area (Å²) < 4.78 is 0. The Morgan fingerprint density at radius 2 is 1.95 bits per heavy atom. The second kappa shape index (κ2) is 7.42. The Labute approximate surface area is 123 Å². The van der Waals surface area contributed by atoms with E-state index in [1.54, 1.807) is 31.2 Å². The van der Waals surface area contributed by atoms with Crippen molar-refractivity contribution in [2.24, 2.45) is 5.92 Å². The maximum absolute atomic E-state index is 11.9. The lowest BCUT2D eigenvalue weighted by atomic mass is 9.99. The zero-order valence-corrected chi connectivity index (χ0v) is 12.3. The minimum absolute atomic E-state index is 0.109. The molecular weight excluding hydrogens is 272 g/mol. The first-order chi connectivity index (χ1) is 9.85. The number of carboxylic acids is 1. The maximum Gasteiger partial charge on any atom is 0.326 e. The lowest BCUT2D eigenvalue weighted by molar-refractivity contribution is -0.140. The molecule has 0 heterocycles. The molecule has 0 aliphatic heterocycles. The van der Waals surface area contributed by atoms with Crippen LogP contribution in [-0.4, -0.2) is 28.9 Å². The topological polar surface area (TPSA) is 95.5 Å². The molecule has 0 spiro atoms. The Kier molecular flexibility index (Phi) is 5.90. The smallest absolute Gasteiger partial charge is 0.326 e. The number of amides is 2. The summed E-state index contributed by atoms with van der Waals surface area (Å²) in [6, 6.07) is 4.90. The first-order valence-corrected chi connectivity index (χ1v) is 6.76. The zero-order chi connectivity index (χ0) is 16.0. The predicted molar refractivity (Wildman–Crippen MR) is 79.5 cm³/mol. The fourth-order valence-corrected chi connectivity index (χ4v) is 1.81. The zero-order valence-electron chi connectivity index (χ0n) is 12.3. The number of hydrogen-bond donors (Lipinski definition) is 3. The summed E-state index contributed by atoms with van der Waals surface area (Å²) in [4.78, 5) is 34.3. The largest absolute Gasteiger partial charge is 0.480 e. The Balaban J connectivity index is 2.74. The number of hydrogen-bond acceptors (Lipinski definition) is 3. The molecule has 0 aliphatic rings. The third-order valence-corrected chi connectivity index (χ3v) is 3.29. The molecule has 21 heavy (non-hydrogen) atoms. The predicted octanol–water partition coefficient (Wildman–Crippen LogP) is 2.51. The molecule has 0 saturated carbocycles. The first-order valence-electron chi connectivity index (χ1n) is 6.76. The van der Waals surface area contributed by atoms with Crippen LogP contribution >= 0.6 is 0 Å². The Morgan fingerprint density at radius 3 is 2.48 bits per heavy atom. The quantitative estimate of drug-likeness (QED) is 0.702. The summed E-state index contributed by atoms with van der Waals surface area (Å²) >= 11 is 0. The molecule has 0 radical (unpaired) electrons. The summed E-state index contributed by atoms with van der Waals surface area (Å²) in [6.07, 6.45) is 0.636. The van der Waals surface area contributed by atoms with Crippen LogP contribution < -0.4 is 10.6 Å². The number of anilines is 1. The highest BCUT2D eigenvalue weighted by atomic mass is 16.4. The maximum atomic E-state index is 11.9. The number of urea groups is 1. The fourth-order valence-electron chi connectivity index (χ4n) is 1.81. The molecule has 0 aromatic heterocycles. The summed E-state index contributed by atoms with van der Waals surface area (Å²) in [5.74, 6) is -1.36. The van der Waals surface area contributed by atoms with Crippen molar-refractivity contribution in [3.63, 3.8) is 0 Å². The summed E-state index contributed by atoms with van der Waals surface area (Å²) in [5.41, 5.74) is 0.915. The van der Waals surface area contributed by atoms with E-state index in [0.717, 1.165) is 0 Å². The van der Waals surface area contributed by atoms with Gasteiger partial charge in [-0.1, -0.05) is 32.4 Å². The van der Waals surface area contributed by atoms with Crippen molar-refractivity contribution in [2.45, 2.75) is 33.2 Å². The first kappa shape index (κ1) is 16.7. The van der Waals surface area contributed by atoms with Gasteiger partial charge in [0.2, 0.25) is 0 Å². The van der Waals surface area contributed by atoms with Crippen LogP contribution in [0.4, 0.5) is 10.5 Å². The number of aliphatic carboxylic acids is 1. The Bertz CT molecular complexity index is 542. The van der Waals surface area contributed by atoms with Crippen molar-refractivity contribution in [3.05, 3.63) is 29.8 Å². The molecule has 1 rings (SSSR count).